The van der Waals surface area contributed by atoms with Crippen molar-refractivity contribution >= 4 is 31.3 Å². The van der Waals surface area contributed by atoms with Gasteiger partial charge < -0.3 is 4.74 Å². The summed E-state index contributed by atoms with van der Waals surface area (Å²) in [5, 5.41) is 0.333. The average molecular weight is 321 g/mol. The van der Waals surface area contributed by atoms with Gasteiger partial charge in [0.2, 0.25) is 0 Å². The molecular formula is C13H14Cl2O3S. The highest BCUT2D eigenvalue weighted by atomic mass is 35.7. The number of halogens is 2. The quantitative estimate of drug-likeness (QED) is 0.795. The van der Waals surface area contributed by atoms with Crippen LogP contribution in [0, 0.1) is 11.8 Å². The van der Waals surface area contributed by atoms with Gasteiger partial charge in [-0.2, -0.15) is 0 Å². The van der Waals surface area contributed by atoms with Crippen LogP contribution in [0.15, 0.2) is 23.1 Å². The summed E-state index contributed by atoms with van der Waals surface area (Å²) in [6.45, 7) is 0. The Morgan fingerprint density at radius 1 is 1.21 bits per heavy atom. The van der Waals surface area contributed by atoms with Crippen molar-refractivity contribution < 1.29 is 13.2 Å². The van der Waals surface area contributed by atoms with Gasteiger partial charge in [-0.05, 0) is 55.7 Å². The molecule has 1 aromatic rings. The molecular weight excluding hydrogens is 307 g/mol. The summed E-state index contributed by atoms with van der Waals surface area (Å²) < 4.78 is 29.0. The van der Waals surface area contributed by atoms with Crippen LogP contribution in [0.5, 0.6) is 5.75 Å². The van der Waals surface area contributed by atoms with Crippen molar-refractivity contribution in [3.63, 3.8) is 0 Å². The van der Waals surface area contributed by atoms with Crippen molar-refractivity contribution in [3.8, 4) is 5.75 Å². The summed E-state index contributed by atoms with van der Waals surface area (Å²) in [5.41, 5.74) is 0. The van der Waals surface area contributed by atoms with Crippen LogP contribution in [-0.2, 0) is 9.05 Å². The molecule has 19 heavy (non-hydrogen) atoms. The van der Waals surface area contributed by atoms with Gasteiger partial charge in [-0.15, -0.1) is 0 Å². The minimum absolute atomic E-state index is 0.0376. The number of rotatable bonds is 3. The molecule has 2 bridgehead atoms. The lowest BCUT2D eigenvalue weighted by Crippen LogP contribution is -2.24. The molecule has 0 aliphatic heterocycles. The molecule has 3 unspecified atom stereocenters. The molecule has 3 rings (SSSR count). The standard InChI is InChI=1S/C13H14Cl2O3S/c14-10-3-4-11(13(7-10)19(15,16)17)18-12-6-8-1-2-9(12)5-8/h3-4,7-9,12H,1-2,5-6H2. The fourth-order valence-corrected chi connectivity index (χ4v) is 4.49. The van der Waals surface area contributed by atoms with E-state index in [1.54, 1.807) is 12.1 Å². The zero-order chi connectivity index (χ0) is 13.6. The molecule has 104 valence electrons. The van der Waals surface area contributed by atoms with E-state index in [1.165, 1.54) is 25.3 Å². The van der Waals surface area contributed by atoms with Gasteiger partial charge >= 0.3 is 0 Å². The molecule has 1 aromatic carbocycles. The number of benzene rings is 1. The smallest absolute Gasteiger partial charge is 0.265 e. The summed E-state index contributed by atoms with van der Waals surface area (Å²) >= 11 is 5.82. The van der Waals surface area contributed by atoms with Crippen LogP contribution in [0.3, 0.4) is 0 Å². The van der Waals surface area contributed by atoms with Gasteiger partial charge in [0, 0.05) is 15.7 Å². The molecule has 2 aliphatic rings. The molecule has 0 heterocycles. The van der Waals surface area contributed by atoms with Gasteiger partial charge in [0.15, 0.2) is 0 Å². The summed E-state index contributed by atoms with van der Waals surface area (Å²) in [4.78, 5) is -0.0376. The maximum absolute atomic E-state index is 11.6. The molecule has 0 amide bonds. The highest BCUT2D eigenvalue weighted by Crippen LogP contribution is 2.46. The molecule has 3 nitrogen and oxygen atoms in total. The Bertz CT molecular complexity index is 600. The van der Waals surface area contributed by atoms with Crippen molar-refractivity contribution in [2.45, 2.75) is 36.7 Å². The van der Waals surface area contributed by atoms with E-state index in [1.807, 2.05) is 0 Å². The van der Waals surface area contributed by atoms with E-state index in [2.05, 4.69) is 0 Å². The highest BCUT2D eigenvalue weighted by molar-refractivity contribution is 8.13. The fourth-order valence-electron chi connectivity index (χ4n) is 3.26. The molecule has 0 radical (unpaired) electrons. The number of hydrogen-bond acceptors (Lipinski definition) is 3. The SMILES string of the molecule is O=S(=O)(Cl)c1cc(Cl)ccc1OC1CC2CCC1C2. The molecule has 2 saturated carbocycles. The minimum atomic E-state index is -3.85. The second kappa shape index (κ2) is 4.83. The molecule has 0 N–H and O–H groups in total. The zero-order valence-electron chi connectivity index (χ0n) is 10.2. The Balaban J connectivity index is 1.89. The zero-order valence-corrected chi connectivity index (χ0v) is 12.5. The third kappa shape index (κ3) is 2.71. The molecule has 6 heteroatoms. The van der Waals surface area contributed by atoms with Crippen LogP contribution in [0.25, 0.3) is 0 Å². The maximum Gasteiger partial charge on any atom is 0.265 e. The first-order chi connectivity index (χ1) is 8.93. The van der Waals surface area contributed by atoms with Crippen molar-refractivity contribution in [1.82, 2.24) is 0 Å². The Labute approximate surface area is 122 Å². The monoisotopic (exact) mass is 320 g/mol. The van der Waals surface area contributed by atoms with Crippen LogP contribution in [0.2, 0.25) is 5.02 Å². The van der Waals surface area contributed by atoms with Gasteiger partial charge in [0.05, 0.1) is 0 Å². The highest BCUT2D eigenvalue weighted by Gasteiger charge is 2.41. The first-order valence-corrected chi connectivity index (χ1v) is 9.03. The van der Waals surface area contributed by atoms with Gasteiger partial charge in [0.1, 0.15) is 16.7 Å². The topological polar surface area (TPSA) is 43.4 Å². The summed E-state index contributed by atoms with van der Waals surface area (Å²) in [6, 6.07) is 4.55. The van der Waals surface area contributed by atoms with Crippen LogP contribution in [-0.4, -0.2) is 14.5 Å². The third-order valence-corrected chi connectivity index (χ3v) is 5.70. The van der Waals surface area contributed by atoms with Gasteiger partial charge in [0.25, 0.3) is 9.05 Å². The normalized spacial score (nSPS) is 29.7. The van der Waals surface area contributed by atoms with Gasteiger partial charge in [-0.1, -0.05) is 11.6 Å². The molecule has 2 aliphatic carbocycles. The van der Waals surface area contributed by atoms with E-state index in [4.69, 9.17) is 27.0 Å². The van der Waals surface area contributed by atoms with Crippen molar-refractivity contribution in [2.24, 2.45) is 11.8 Å². The van der Waals surface area contributed by atoms with Crippen molar-refractivity contribution in [3.05, 3.63) is 23.2 Å². The lowest BCUT2D eigenvalue weighted by Gasteiger charge is -2.24. The average Bonchev–Trinajstić information content (AvgIpc) is 2.92. The van der Waals surface area contributed by atoms with Crippen molar-refractivity contribution in [1.29, 1.82) is 0 Å². The minimum Gasteiger partial charge on any atom is -0.489 e. The number of ether oxygens (including phenoxy) is 1. The van der Waals surface area contributed by atoms with E-state index in [0.717, 1.165) is 12.3 Å². The van der Waals surface area contributed by atoms with Gasteiger partial charge in [-0.3, -0.25) is 0 Å². The lowest BCUT2D eigenvalue weighted by atomic mass is 9.98. The second-order valence-electron chi connectivity index (χ2n) is 5.36. The predicted octanol–water partition coefficient (Wildman–Crippen LogP) is 3.83. The Morgan fingerprint density at radius 2 is 2.00 bits per heavy atom. The molecule has 0 aromatic heterocycles. The fraction of sp³-hybridized carbons (Fsp3) is 0.538. The first-order valence-electron chi connectivity index (χ1n) is 6.34. The lowest BCUT2D eigenvalue weighted by molar-refractivity contribution is 0.134. The predicted molar refractivity (Wildman–Crippen MR) is 74.4 cm³/mol. The van der Waals surface area contributed by atoms with Crippen LogP contribution >= 0.6 is 22.3 Å². The van der Waals surface area contributed by atoms with Gasteiger partial charge in [-0.25, -0.2) is 8.42 Å². The van der Waals surface area contributed by atoms with E-state index in [9.17, 15) is 8.42 Å². The summed E-state index contributed by atoms with van der Waals surface area (Å²) in [7, 11) is 1.59. The molecule has 0 spiro atoms. The van der Waals surface area contributed by atoms with E-state index >= 15 is 0 Å². The molecule has 0 saturated heterocycles. The van der Waals surface area contributed by atoms with E-state index < -0.39 is 9.05 Å². The van der Waals surface area contributed by atoms with E-state index in [-0.39, 0.29) is 11.0 Å². The van der Waals surface area contributed by atoms with Crippen LogP contribution < -0.4 is 4.74 Å². The number of fused-ring (bicyclic) bond motifs is 2. The van der Waals surface area contributed by atoms with Crippen LogP contribution in [0.4, 0.5) is 0 Å². The summed E-state index contributed by atoms with van der Waals surface area (Å²) in [5.74, 6) is 1.60. The van der Waals surface area contributed by atoms with Crippen LogP contribution in [0.1, 0.15) is 25.7 Å². The Hall–Kier alpha value is -0.450. The molecule has 2 fully saturated rings. The molecule has 3 atom stereocenters. The number of hydrogen-bond donors (Lipinski definition) is 0. The van der Waals surface area contributed by atoms with E-state index in [0.29, 0.717) is 16.7 Å². The maximum atomic E-state index is 11.6. The summed E-state index contributed by atoms with van der Waals surface area (Å²) in [6.07, 6.45) is 4.76. The van der Waals surface area contributed by atoms with Crippen molar-refractivity contribution in [2.75, 3.05) is 0 Å². The first kappa shape index (κ1) is 13.5. The Morgan fingerprint density at radius 3 is 2.58 bits per heavy atom. The third-order valence-electron chi connectivity index (χ3n) is 4.12. The Kier molecular flexibility index (Phi) is 3.44. The largest absolute Gasteiger partial charge is 0.489 e. The second-order valence-corrected chi connectivity index (χ2v) is 8.33.